The lowest BCUT2D eigenvalue weighted by molar-refractivity contribution is 0.172. The molecule has 23 heavy (non-hydrogen) atoms. The molecule has 1 N–H and O–H groups in total. The van der Waals surface area contributed by atoms with Crippen molar-refractivity contribution in [2.24, 2.45) is 15.9 Å². The normalized spacial score (nSPS) is 22.8. The van der Waals surface area contributed by atoms with Crippen molar-refractivity contribution in [3.63, 3.8) is 0 Å². The number of ether oxygens (including phenoxy) is 3. The number of benzene rings is 1. The topological polar surface area (TPSA) is 72.6 Å². The average Bonchev–Trinajstić information content (AvgIpc) is 3.00. The smallest absolute Gasteiger partial charge is 0.231 e. The van der Waals surface area contributed by atoms with Crippen LogP contribution >= 0.6 is 15.9 Å². The predicted octanol–water partition coefficient (Wildman–Crippen LogP) is 3.13. The summed E-state index contributed by atoms with van der Waals surface area (Å²) in [7, 11) is 1.58. The summed E-state index contributed by atoms with van der Waals surface area (Å²) in [5, 5.41) is 10.2. The molecule has 2 atom stereocenters. The summed E-state index contributed by atoms with van der Waals surface area (Å²) in [6, 6.07) is 3.14. The summed E-state index contributed by atoms with van der Waals surface area (Å²) in [6.07, 6.45) is 0.514. The van der Waals surface area contributed by atoms with Crippen molar-refractivity contribution in [1.82, 2.24) is 0 Å². The van der Waals surface area contributed by atoms with Crippen molar-refractivity contribution >= 4 is 27.7 Å². The molecule has 0 radical (unpaired) electrons. The van der Waals surface area contributed by atoms with Gasteiger partial charge in [-0.05, 0) is 27.9 Å². The molecule has 124 valence electrons. The lowest BCUT2D eigenvalue weighted by Gasteiger charge is -2.25. The van der Waals surface area contributed by atoms with Gasteiger partial charge in [-0.25, -0.2) is 9.98 Å². The zero-order chi connectivity index (χ0) is 16.6. The Morgan fingerprint density at radius 2 is 2.04 bits per heavy atom. The van der Waals surface area contributed by atoms with Crippen LogP contribution in [-0.4, -0.2) is 42.9 Å². The minimum atomic E-state index is -0.371. The maximum atomic E-state index is 10.2. The zero-order valence-corrected chi connectivity index (χ0v) is 14.8. The van der Waals surface area contributed by atoms with E-state index in [1.807, 2.05) is 26.0 Å². The van der Waals surface area contributed by atoms with E-state index in [1.165, 1.54) is 0 Å². The maximum Gasteiger partial charge on any atom is 0.231 e. The highest BCUT2D eigenvalue weighted by atomic mass is 79.9. The fourth-order valence-corrected chi connectivity index (χ4v) is 3.16. The Hall–Kier alpha value is -1.76. The first kappa shape index (κ1) is 16.1. The predicted molar refractivity (Wildman–Crippen MR) is 90.9 cm³/mol. The standard InChI is InChI=1S/C16H19BrN2O4/c1-8(2)12-15(20)18-11(16(19-12)21-3)6-9-4-5-10(17)14-13(9)22-7-23-14/h4-5,8,11-12H,6-7H2,1-3H3,(H,18,20). The van der Waals surface area contributed by atoms with Gasteiger partial charge in [-0.15, -0.1) is 0 Å². The molecule has 0 amide bonds. The molecule has 2 heterocycles. The van der Waals surface area contributed by atoms with Crippen LogP contribution in [0.5, 0.6) is 11.5 Å². The molecule has 0 fully saturated rings. The second kappa shape index (κ2) is 6.39. The Bertz CT molecular complexity index is 672. The number of hydrogen-bond acceptors (Lipinski definition) is 5. The summed E-state index contributed by atoms with van der Waals surface area (Å²) < 4.78 is 17.3. The Morgan fingerprint density at radius 3 is 2.74 bits per heavy atom. The first-order valence-corrected chi connectivity index (χ1v) is 8.26. The van der Waals surface area contributed by atoms with Gasteiger partial charge >= 0.3 is 0 Å². The molecule has 0 aliphatic carbocycles. The number of aliphatic hydroxyl groups excluding tert-OH is 1. The molecule has 0 saturated carbocycles. The van der Waals surface area contributed by atoms with E-state index in [0.717, 1.165) is 10.0 Å². The number of aliphatic imine (C=N–C) groups is 2. The van der Waals surface area contributed by atoms with E-state index in [1.54, 1.807) is 7.11 Å². The molecule has 0 saturated heterocycles. The fraction of sp³-hybridized carbons (Fsp3) is 0.500. The van der Waals surface area contributed by atoms with Crippen LogP contribution in [0.4, 0.5) is 0 Å². The van der Waals surface area contributed by atoms with Gasteiger partial charge in [0.2, 0.25) is 18.6 Å². The van der Waals surface area contributed by atoms with E-state index in [-0.39, 0.29) is 30.7 Å². The Kier molecular flexibility index (Phi) is 4.48. The lowest BCUT2D eigenvalue weighted by atomic mass is 10.00. The summed E-state index contributed by atoms with van der Waals surface area (Å²) in [5.41, 5.74) is 0.940. The highest BCUT2D eigenvalue weighted by molar-refractivity contribution is 9.10. The van der Waals surface area contributed by atoms with E-state index < -0.39 is 0 Å². The van der Waals surface area contributed by atoms with Crippen LogP contribution in [0.15, 0.2) is 26.6 Å². The van der Waals surface area contributed by atoms with Gasteiger partial charge in [0.15, 0.2) is 11.5 Å². The number of rotatable bonds is 3. The second-order valence-corrected chi connectivity index (χ2v) is 6.69. The molecule has 2 unspecified atom stereocenters. The number of nitrogens with zero attached hydrogens (tertiary/aromatic N) is 2. The molecule has 2 aliphatic heterocycles. The maximum absolute atomic E-state index is 10.2. The second-order valence-electron chi connectivity index (χ2n) is 5.84. The molecular formula is C16H19BrN2O4. The number of hydrogen-bond donors (Lipinski definition) is 1. The van der Waals surface area contributed by atoms with Crippen LogP contribution in [0, 0.1) is 5.92 Å². The van der Waals surface area contributed by atoms with Crippen molar-refractivity contribution in [3.05, 3.63) is 22.2 Å². The summed E-state index contributed by atoms with van der Waals surface area (Å²) in [5.74, 6) is 2.13. The van der Waals surface area contributed by atoms with Crippen LogP contribution in [-0.2, 0) is 11.2 Å². The zero-order valence-electron chi connectivity index (χ0n) is 13.2. The molecule has 1 aromatic rings. The fourth-order valence-electron chi connectivity index (χ4n) is 2.73. The van der Waals surface area contributed by atoms with Crippen molar-refractivity contribution in [1.29, 1.82) is 0 Å². The van der Waals surface area contributed by atoms with Gasteiger partial charge in [0.05, 0.1) is 11.6 Å². The van der Waals surface area contributed by atoms with E-state index >= 15 is 0 Å². The van der Waals surface area contributed by atoms with Crippen molar-refractivity contribution in [2.75, 3.05) is 13.9 Å². The molecule has 2 aliphatic rings. The van der Waals surface area contributed by atoms with Crippen molar-refractivity contribution < 1.29 is 19.3 Å². The molecule has 0 bridgehead atoms. The SMILES string of the molecule is COC1=NC(C(C)C)C(O)=NC1Cc1ccc(Br)c2c1OCO2. The summed E-state index contributed by atoms with van der Waals surface area (Å²) >= 11 is 3.44. The lowest BCUT2D eigenvalue weighted by Crippen LogP contribution is -2.37. The monoisotopic (exact) mass is 382 g/mol. The molecular weight excluding hydrogens is 364 g/mol. The van der Waals surface area contributed by atoms with E-state index in [4.69, 9.17) is 14.2 Å². The van der Waals surface area contributed by atoms with Gasteiger partial charge in [-0.2, -0.15) is 0 Å². The third kappa shape index (κ3) is 3.02. The van der Waals surface area contributed by atoms with Crippen LogP contribution in [0.2, 0.25) is 0 Å². The molecule has 0 aromatic heterocycles. The quantitative estimate of drug-likeness (QED) is 0.871. The van der Waals surface area contributed by atoms with Crippen LogP contribution in [0.1, 0.15) is 19.4 Å². The van der Waals surface area contributed by atoms with Crippen LogP contribution < -0.4 is 9.47 Å². The van der Waals surface area contributed by atoms with E-state index in [9.17, 15) is 5.11 Å². The van der Waals surface area contributed by atoms with Crippen molar-refractivity contribution in [3.8, 4) is 11.5 Å². The molecule has 0 spiro atoms. The summed E-state index contributed by atoms with van der Waals surface area (Å²) in [4.78, 5) is 8.89. The van der Waals surface area contributed by atoms with Gasteiger partial charge < -0.3 is 19.3 Å². The number of methoxy groups -OCH3 is 1. The molecule has 3 rings (SSSR count). The van der Waals surface area contributed by atoms with Crippen LogP contribution in [0.3, 0.4) is 0 Å². The Morgan fingerprint density at radius 1 is 1.30 bits per heavy atom. The molecule has 1 aromatic carbocycles. The first-order chi connectivity index (χ1) is 11.0. The van der Waals surface area contributed by atoms with Crippen LogP contribution in [0.25, 0.3) is 0 Å². The largest absolute Gasteiger partial charge is 0.495 e. The number of fused-ring (bicyclic) bond motifs is 1. The number of aliphatic hydroxyl groups is 1. The highest BCUT2D eigenvalue weighted by Crippen LogP contribution is 2.42. The van der Waals surface area contributed by atoms with E-state index in [0.29, 0.717) is 23.8 Å². The minimum Gasteiger partial charge on any atom is -0.495 e. The highest BCUT2D eigenvalue weighted by Gasteiger charge is 2.31. The van der Waals surface area contributed by atoms with Gasteiger partial charge in [0, 0.05) is 12.0 Å². The van der Waals surface area contributed by atoms with Gasteiger partial charge in [-0.1, -0.05) is 19.9 Å². The van der Waals surface area contributed by atoms with Crippen molar-refractivity contribution in [2.45, 2.75) is 32.4 Å². The van der Waals surface area contributed by atoms with Gasteiger partial charge in [0.1, 0.15) is 12.1 Å². The number of halogens is 1. The van der Waals surface area contributed by atoms with E-state index in [2.05, 4.69) is 25.9 Å². The average molecular weight is 383 g/mol. The third-order valence-electron chi connectivity index (χ3n) is 3.91. The molecule has 6 nitrogen and oxygen atoms in total. The Labute approximate surface area is 143 Å². The minimum absolute atomic E-state index is 0.0525. The van der Waals surface area contributed by atoms with Gasteiger partial charge in [-0.3, -0.25) is 0 Å². The van der Waals surface area contributed by atoms with Gasteiger partial charge in [0.25, 0.3) is 0 Å². The summed E-state index contributed by atoms with van der Waals surface area (Å²) in [6.45, 7) is 4.17. The first-order valence-electron chi connectivity index (χ1n) is 7.46. The Balaban J connectivity index is 1.89. The molecule has 7 heteroatoms. The third-order valence-corrected chi connectivity index (χ3v) is 4.53.